The third-order valence-electron chi connectivity index (χ3n) is 3.28. The molecule has 0 aliphatic carbocycles. The Morgan fingerprint density at radius 3 is 3.00 bits per heavy atom. The van der Waals surface area contributed by atoms with Crippen LogP contribution in [-0.4, -0.2) is 26.4 Å². The molecule has 19 heavy (non-hydrogen) atoms. The maximum Gasteiger partial charge on any atom is 0.140 e. The van der Waals surface area contributed by atoms with Gasteiger partial charge < -0.3 is 14.2 Å². The monoisotopic (exact) mass is 261 g/mol. The van der Waals surface area contributed by atoms with Gasteiger partial charge in [-0.05, 0) is 31.4 Å². The Morgan fingerprint density at radius 2 is 2.32 bits per heavy atom. The van der Waals surface area contributed by atoms with Crippen LogP contribution < -0.4 is 9.47 Å². The molecule has 1 aromatic carbocycles. The molecule has 1 aliphatic heterocycles. The molecule has 1 saturated heterocycles. The summed E-state index contributed by atoms with van der Waals surface area (Å²) in [7, 11) is 1.55. The Kier molecular flexibility index (Phi) is 5.05. The summed E-state index contributed by atoms with van der Waals surface area (Å²) in [6, 6.07) is 7.34. The van der Waals surface area contributed by atoms with E-state index >= 15 is 0 Å². The molecule has 0 radical (unpaired) electrons. The van der Waals surface area contributed by atoms with E-state index in [-0.39, 0.29) is 0 Å². The fraction of sp³-hybridized carbons (Fsp3) is 0.533. The molecular weight excluding hydrogens is 242 g/mol. The highest BCUT2D eigenvalue weighted by Gasteiger charge is 2.13. The summed E-state index contributed by atoms with van der Waals surface area (Å²) < 4.78 is 16.5. The summed E-state index contributed by atoms with van der Waals surface area (Å²) >= 11 is 0. The van der Waals surface area contributed by atoms with Crippen LogP contribution in [0, 0.1) is 11.3 Å². The molecule has 1 fully saturated rings. The lowest BCUT2D eigenvalue weighted by molar-refractivity contribution is 0.00404. The van der Waals surface area contributed by atoms with Gasteiger partial charge in [0.15, 0.2) is 0 Å². The van der Waals surface area contributed by atoms with Gasteiger partial charge in [0, 0.05) is 19.1 Å². The van der Waals surface area contributed by atoms with E-state index in [0.29, 0.717) is 24.0 Å². The highest BCUT2D eigenvalue weighted by molar-refractivity contribution is 5.47. The van der Waals surface area contributed by atoms with Crippen molar-refractivity contribution in [3.63, 3.8) is 0 Å². The number of methoxy groups -OCH3 is 1. The first-order valence-electron chi connectivity index (χ1n) is 6.66. The summed E-state index contributed by atoms with van der Waals surface area (Å²) in [5, 5.41) is 8.90. The molecule has 102 valence electrons. The zero-order valence-corrected chi connectivity index (χ0v) is 11.2. The minimum Gasteiger partial charge on any atom is -0.495 e. The van der Waals surface area contributed by atoms with Crippen molar-refractivity contribution in [2.45, 2.75) is 31.8 Å². The molecule has 0 aromatic heterocycles. The van der Waals surface area contributed by atoms with Crippen molar-refractivity contribution in [2.24, 2.45) is 0 Å². The van der Waals surface area contributed by atoms with Crippen molar-refractivity contribution >= 4 is 0 Å². The lowest BCUT2D eigenvalue weighted by atomic mass is 10.1. The Hall–Kier alpha value is -1.73. The smallest absolute Gasteiger partial charge is 0.140 e. The van der Waals surface area contributed by atoms with Crippen LogP contribution in [0.3, 0.4) is 0 Å². The van der Waals surface area contributed by atoms with Crippen LogP contribution in [0.2, 0.25) is 0 Å². The van der Waals surface area contributed by atoms with Crippen molar-refractivity contribution in [2.75, 3.05) is 20.3 Å². The van der Waals surface area contributed by atoms with Gasteiger partial charge in [-0.25, -0.2) is 0 Å². The molecule has 2 rings (SSSR count). The Balaban J connectivity index is 1.84. The van der Waals surface area contributed by atoms with Gasteiger partial charge in [0.05, 0.1) is 25.4 Å². The summed E-state index contributed by atoms with van der Waals surface area (Å²) in [5.41, 5.74) is 0.519. The number of hydrogen-bond donors (Lipinski definition) is 0. The summed E-state index contributed by atoms with van der Waals surface area (Å²) in [4.78, 5) is 0. The molecule has 0 saturated carbocycles. The molecule has 0 spiro atoms. The molecule has 4 heteroatoms. The first kappa shape index (κ1) is 13.7. The lowest BCUT2D eigenvalue weighted by Gasteiger charge is -2.22. The summed E-state index contributed by atoms with van der Waals surface area (Å²) in [6.45, 7) is 1.50. The molecule has 0 amide bonds. The highest BCUT2D eigenvalue weighted by Crippen LogP contribution is 2.24. The largest absolute Gasteiger partial charge is 0.495 e. The molecule has 0 bridgehead atoms. The summed E-state index contributed by atoms with van der Waals surface area (Å²) in [5.74, 6) is 1.28. The molecule has 0 N–H and O–H groups in total. The predicted octanol–water partition coefficient (Wildman–Crippen LogP) is 2.90. The van der Waals surface area contributed by atoms with E-state index in [0.717, 1.165) is 25.2 Å². The SMILES string of the molecule is COc1cc(OCCC2CCCCO2)ccc1C#N. The van der Waals surface area contributed by atoms with Gasteiger partial charge in [0.25, 0.3) is 0 Å². The number of ether oxygens (including phenoxy) is 3. The molecule has 1 unspecified atom stereocenters. The minimum atomic E-state index is 0.328. The zero-order valence-electron chi connectivity index (χ0n) is 11.2. The van der Waals surface area contributed by atoms with E-state index in [1.165, 1.54) is 12.8 Å². The predicted molar refractivity (Wildman–Crippen MR) is 71.4 cm³/mol. The normalized spacial score (nSPS) is 18.6. The van der Waals surface area contributed by atoms with Crippen LogP contribution in [0.15, 0.2) is 18.2 Å². The van der Waals surface area contributed by atoms with Gasteiger partial charge >= 0.3 is 0 Å². The molecule has 1 atom stereocenters. The summed E-state index contributed by atoms with van der Waals surface area (Å²) in [6.07, 6.45) is 4.77. The average molecular weight is 261 g/mol. The second-order valence-electron chi connectivity index (χ2n) is 4.60. The van der Waals surface area contributed by atoms with Gasteiger partial charge in [0.2, 0.25) is 0 Å². The second-order valence-corrected chi connectivity index (χ2v) is 4.60. The molecule has 4 nitrogen and oxygen atoms in total. The van der Waals surface area contributed by atoms with Gasteiger partial charge in [-0.1, -0.05) is 0 Å². The van der Waals surface area contributed by atoms with Gasteiger partial charge in [-0.15, -0.1) is 0 Å². The lowest BCUT2D eigenvalue weighted by Crippen LogP contribution is -2.21. The van der Waals surface area contributed by atoms with Gasteiger partial charge in [-0.2, -0.15) is 5.26 Å². The average Bonchev–Trinajstić information content (AvgIpc) is 2.48. The second kappa shape index (κ2) is 7.01. The molecule has 1 heterocycles. The molecular formula is C15H19NO3. The van der Waals surface area contributed by atoms with Crippen LogP contribution >= 0.6 is 0 Å². The van der Waals surface area contributed by atoms with Crippen LogP contribution in [0.4, 0.5) is 0 Å². The van der Waals surface area contributed by atoms with E-state index in [1.54, 1.807) is 25.3 Å². The first-order chi connectivity index (χ1) is 9.33. The standard InChI is InChI=1S/C15H19NO3/c1-17-15-10-14(6-5-12(15)11-16)19-9-7-13-4-2-3-8-18-13/h5-6,10,13H,2-4,7-9H2,1H3. The van der Waals surface area contributed by atoms with Crippen molar-refractivity contribution in [3.05, 3.63) is 23.8 Å². The Labute approximate surface area is 113 Å². The quantitative estimate of drug-likeness (QED) is 0.817. The zero-order chi connectivity index (χ0) is 13.5. The third-order valence-corrected chi connectivity index (χ3v) is 3.28. The number of nitrogens with zero attached hydrogens (tertiary/aromatic N) is 1. The fourth-order valence-corrected chi connectivity index (χ4v) is 2.20. The van der Waals surface area contributed by atoms with E-state index < -0.39 is 0 Å². The van der Waals surface area contributed by atoms with Gasteiger partial charge in [0.1, 0.15) is 17.6 Å². The van der Waals surface area contributed by atoms with Crippen molar-refractivity contribution < 1.29 is 14.2 Å². The number of benzene rings is 1. The molecule has 1 aromatic rings. The van der Waals surface area contributed by atoms with Crippen LogP contribution in [0.1, 0.15) is 31.2 Å². The van der Waals surface area contributed by atoms with Crippen LogP contribution in [0.5, 0.6) is 11.5 Å². The maximum absolute atomic E-state index is 8.90. The first-order valence-corrected chi connectivity index (χ1v) is 6.66. The topological polar surface area (TPSA) is 51.5 Å². The maximum atomic E-state index is 8.90. The number of hydrogen-bond acceptors (Lipinski definition) is 4. The van der Waals surface area contributed by atoms with E-state index in [9.17, 15) is 0 Å². The van der Waals surface area contributed by atoms with Crippen molar-refractivity contribution in [1.82, 2.24) is 0 Å². The third kappa shape index (κ3) is 3.87. The highest BCUT2D eigenvalue weighted by atomic mass is 16.5. The van der Waals surface area contributed by atoms with Crippen molar-refractivity contribution in [3.8, 4) is 17.6 Å². The minimum absolute atomic E-state index is 0.328. The Morgan fingerprint density at radius 1 is 1.42 bits per heavy atom. The van der Waals surface area contributed by atoms with Crippen molar-refractivity contribution in [1.29, 1.82) is 5.26 Å². The van der Waals surface area contributed by atoms with Crippen LogP contribution in [0.25, 0.3) is 0 Å². The van der Waals surface area contributed by atoms with E-state index in [2.05, 4.69) is 6.07 Å². The molecule has 1 aliphatic rings. The fourth-order valence-electron chi connectivity index (χ4n) is 2.20. The number of rotatable bonds is 5. The van der Waals surface area contributed by atoms with E-state index in [1.807, 2.05) is 0 Å². The van der Waals surface area contributed by atoms with Gasteiger partial charge in [-0.3, -0.25) is 0 Å². The number of nitriles is 1. The van der Waals surface area contributed by atoms with E-state index in [4.69, 9.17) is 19.5 Å². The Bertz CT molecular complexity index is 447. The van der Waals surface area contributed by atoms with Crippen LogP contribution in [-0.2, 0) is 4.74 Å².